The van der Waals surface area contributed by atoms with Gasteiger partial charge in [0.2, 0.25) is 0 Å². The number of Topliss-reactive ketones (excluding diaryl/α,β-unsaturated/α-hetero) is 1. The molecule has 0 spiro atoms. The Balaban J connectivity index is 1.71. The number of hydrogen-bond donors (Lipinski definition) is 3. The van der Waals surface area contributed by atoms with Gasteiger partial charge in [0.25, 0.3) is 0 Å². The molecule has 0 aromatic heterocycles. The lowest BCUT2D eigenvalue weighted by atomic mass is 9.58. The van der Waals surface area contributed by atoms with Crippen LogP contribution in [0.3, 0.4) is 0 Å². The van der Waals surface area contributed by atoms with Gasteiger partial charge >= 0.3 is 0 Å². The molecule has 0 amide bonds. The third-order valence-electron chi connectivity index (χ3n) is 6.44. The molecule has 1 aliphatic carbocycles. The third-order valence-corrected chi connectivity index (χ3v) is 6.44. The Morgan fingerprint density at radius 2 is 1.52 bits per heavy atom. The number of hydrogen-bond acceptors (Lipinski definition) is 5. The second kappa shape index (κ2) is 5.30. The Morgan fingerprint density at radius 3 is 2.24 bits per heavy atom. The Morgan fingerprint density at radius 1 is 0.905 bits per heavy atom. The summed E-state index contributed by atoms with van der Waals surface area (Å²) < 4.78 is 0. The molecule has 3 aliphatic heterocycles. The van der Waals surface area contributed by atoms with Crippen LogP contribution < -0.4 is 16.0 Å². The van der Waals surface area contributed by atoms with Crippen molar-refractivity contribution in [3.63, 3.8) is 0 Å². The first-order valence-electron chi connectivity index (χ1n) is 8.59. The van der Waals surface area contributed by atoms with Crippen LogP contribution in [-0.2, 0) is 4.79 Å². The van der Waals surface area contributed by atoms with Crippen LogP contribution in [0.2, 0.25) is 0 Å². The number of rotatable bonds is 1. The standard InChI is InChI=1S/C16H28N4O/c1-20(2)10-5-8-19-15-12(10)13-11-9(3-6-17-13)4-7-18-14(11)16(15)21/h9-15,17-19H,3-8H2,1-2H3. The zero-order valence-electron chi connectivity index (χ0n) is 13.1. The minimum absolute atomic E-state index is 0.0363. The Labute approximate surface area is 127 Å². The van der Waals surface area contributed by atoms with Crippen LogP contribution in [-0.4, -0.2) is 68.6 Å². The molecule has 5 nitrogen and oxygen atoms in total. The predicted molar refractivity (Wildman–Crippen MR) is 82.2 cm³/mol. The van der Waals surface area contributed by atoms with Gasteiger partial charge in [0.15, 0.2) is 5.78 Å². The molecular weight excluding hydrogens is 264 g/mol. The van der Waals surface area contributed by atoms with E-state index in [2.05, 4.69) is 34.9 Å². The number of ketones is 1. The molecule has 21 heavy (non-hydrogen) atoms. The first-order chi connectivity index (χ1) is 10.2. The van der Waals surface area contributed by atoms with Crippen LogP contribution in [0.1, 0.15) is 19.3 Å². The summed E-state index contributed by atoms with van der Waals surface area (Å²) in [6.07, 6.45) is 3.63. The molecule has 4 fully saturated rings. The lowest BCUT2D eigenvalue weighted by Gasteiger charge is -2.58. The molecule has 1 saturated carbocycles. The van der Waals surface area contributed by atoms with Gasteiger partial charge in [0, 0.05) is 18.0 Å². The lowest BCUT2D eigenvalue weighted by Crippen LogP contribution is -2.76. The average Bonchev–Trinajstić information content (AvgIpc) is 2.51. The second-order valence-corrected chi connectivity index (χ2v) is 7.56. The van der Waals surface area contributed by atoms with Crippen molar-refractivity contribution in [1.82, 2.24) is 20.9 Å². The van der Waals surface area contributed by atoms with Gasteiger partial charge in [-0.1, -0.05) is 0 Å². The molecule has 3 saturated heterocycles. The summed E-state index contributed by atoms with van der Waals surface area (Å²) in [6.45, 7) is 3.10. The monoisotopic (exact) mass is 292 g/mol. The van der Waals surface area contributed by atoms with E-state index in [1.54, 1.807) is 0 Å². The minimum Gasteiger partial charge on any atom is -0.313 e. The van der Waals surface area contributed by atoms with Crippen molar-refractivity contribution < 1.29 is 4.79 Å². The highest BCUT2D eigenvalue weighted by Gasteiger charge is 2.57. The molecule has 0 bridgehead atoms. The van der Waals surface area contributed by atoms with Gasteiger partial charge < -0.3 is 20.9 Å². The number of piperidine rings is 3. The fraction of sp³-hybridized carbons (Fsp3) is 0.938. The van der Waals surface area contributed by atoms with E-state index in [0.717, 1.165) is 32.0 Å². The summed E-state index contributed by atoms with van der Waals surface area (Å²) >= 11 is 0. The fourth-order valence-electron chi connectivity index (χ4n) is 5.59. The smallest absolute Gasteiger partial charge is 0.167 e. The van der Waals surface area contributed by atoms with E-state index in [1.807, 2.05) is 0 Å². The third kappa shape index (κ3) is 2.09. The van der Waals surface area contributed by atoms with Gasteiger partial charge in [-0.3, -0.25) is 4.79 Å². The van der Waals surface area contributed by atoms with E-state index in [0.29, 0.717) is 29.7 Å². The molecule has 118 valence electrons. The van der Waals surface area contributed by atoms with Gasteiger partial charge in [-0.15, -0.1) is 0 Å². The molecule has 0 aromatic carbocycles. The van der Waals surface area contributed by atoms with Crippen molar-refractivity contribution in [2.75, 3.05) is 33.7 Å². The van der Waals surface area contributed by atoms with Crippen LogP contribution >= 0.6 is 0 Å². The molecule has 7 unspecified atom stereocenters. The first kappa shape index (κ1) is 14.1. The van der Waals surface area contributed by atoms with Crippen molar-refractivity contribution >= 4 is 5.78 Å². The zero-order chi connectivity index (χ0) is 14.6. The maximum absolute atomic E-state index is 13.0. The number of nitrogens with zero attached hydrogens (tertiary/aromatic N) is 1. The molecule has 4 rings (SSSR count). The minimum atomic E-state index is 0.0363. The van der Waals surface area contributed by atoms with Crippen molar-refractivity contribution in [3.05, 3.63) is 0 Å². The SMILES string of the molecule is CN(C)C1CCNC2C(=O)C3NCCC4CCNC(C43)C21. The maximum Gasteiger partial charge on any atom is 0.167 e. The Hall–Kier alpha value is -0.490. The van der Waals surface area contributed by atoms with E-state index >= 15 is 0 Å². The molecule has 3 heterocycles. The van der Waals surface area contributed by atoms with E-state index in [9.17, 15) is 4.79 Å². The van der Waals surface area contributed by atoms with Gasteiger partial charge in [0.1, 0.15) is 0 Å². The topological polar surface area (TPSA) is 56.4 Å². The molecule has 0 radical (unpaired) electrons. The second-order valence-electron chi connectivity index (χ2n) is 7.56. The van der Waals surface area contributed by atoms with E-state index in [-0.39, 0.29) is 12.1 Å². The summed E-state index contributed by atoms with van der Waals surface area (Å²) in [7, 11) is 4.34. The number of nitrogens with one attached hydrogen (secondary N) is 3. The van der Waals surface area contributed by atoms with Crippen molar-refractivity contribution in [3.8, 4) is 0 Å². The summed E-state index contributed by atoms with van der Waals surface area (Å²) in [4.78, 5) is 15.4. The van der Waals surface area contributed by atoms with Crippen LogP contribution in [0.5, 0.6) is 0 Å². The van der Waals surface area contributed by atoms with Crippen LogP contribution in [0.4, 0.5) is 0 Å². The first-order valence-corrected chi connectivity index (χ1v) is 8.59. The Kier molecular flexibility index (Phi) is 3.57. The van der Waals surface area contributed by atoms with Crippen LogP contribution in [0.15, 0.2) is 0 Å². The summed E-state index contributed by atoms with van der Waals surface area (Å²) in [6, 6.07) is 1.12. The van der Waals surface area contributed by atoms with Gasteiger partial charge in [0.05, 0.1) is 12.1 Å². The molecule has 0 aromatic rings. The fourth-order valence-corrected chi connectivity index (χ4v) is 5.59. The van der Waals surface area contributed by atoms with Gasteiger partial charge in [-0.25, -0.2) is 0 Å². The van der Waals surface area contributed by atoms with Gasteiger partial charge in [-0.05, 0) is 64.8 Å². The summed E-state index contributed by atoms with van der Waals surface area (Å²) in [5.41, 5.74) is 0. The number of carbonyl (C=O) groups excluding carboxylic acids is 1. The lowest BCUT2D eigenvalue weighted by molar-refractivity contribution is -0.138. The highest BCUT2D eigenvalue weighted by atomic mass is 16.1. The molecule has 3 N–H and O–H groups in total. The zero-order valence-corrected chi connectivity index (χ0v) is 13.1. The normalized spacial score (nSPS) is 49.7. The molecule has 5 heteroatoms. The van der Waals surface area contributed by atoms with Gasteiger partial charge in [-0.2, -0.15) is 0 Å². The predicted octanol–water partition coefficient (Wildman–Crippen LogP) is -0.566. The molecule has 7 atom stereocenters. The van der Waals surface area contributed by atoms with Crippen molar-refractivity contribution in [2.45, 2.75) is 43.4 Å². The number of fused-ring (bicyclic) bond motifs is 2. The highest BCUT2D eigenvalue weighted by molar-refractivity contribution is 5.91. The largest absolute Gasteiger partial charge is 0.313 e. The Bertz CT molecular complexity index is 425. The molecular formula is C16H28N4O. The summed E-state index contributed by atoms with van der Waals surface area (Å²) in [5, 5.41) is 10.9. The molecule has 4 aliphatic rings. The highest BCUT2D eigenvalue weighted by Crippen LogP contribution is 2.43. The van der Waals surface area contributed by atoms with Crippen LogP contribution in [0, 0.1) is 17.8 Å². The van der Waals surface area contributed by atoms with Crippen molar-refractivity contribution in [2.24, 2.45) is 17.8 Å². The van der Waals surface area contributed by atoms with E-state index in [4.69, 9.17) is 0 Å². The van der Waals surface area contributed by atoms with Crippen LogP contribution in [0.25, 0.3) is 0 Å². The summed E-state index contributed by atoms with van der Waals surface area (Å²) in [5.74, 6) is 2.09. The van der Waals surface area contributed by atoms with E-state index in [1.165, 1.54) is 12.8 Å². The quantitative estimate of drug-likeness (QED) is 0.604. The van der Waals surface area contributed by atoms with E-state index < -0.39 is 0 Å². The van der Waals surface area contributed by atoms with Crippen molar-refractivity contribution in [1.29, 1.82) is 0 Å². The number of carbonyl (C=O) groups is 1. The maximum atomic E-state index is 13.0. The average molecular weight is 292 g/mol.